The molecule has 3 aliphatic rings. The monoisotopic (exact) mass is 582 g/mol. The van der Waals surface area contributed by atoms with Gasteiger partial charge in [-0.1, -0.05) is 13.0 Å². The number of nitrogens with one attached hydrogen (secondary N) is 1. The van der Waals surface area contributed by atoms with Crippen LogP contribution >= 0.6 is 0 Å². The zero-order chi connectivity index (χ0) is 29.9. The molecule has 10 heteroatoms. The SMILES string of the molecule is COc1cc(C2=CC3=Nc4ccc(C(C)COc5ccc(N6CCOCC6)cc5)cc4NC(=O)C3CC2)ccc1[N+](=O)[O-]. The van der Waals surface area contributed by atoms with E-state index in [2.05, 4.69) is 29.3 Å². The van der Waals surface area contributed by atoms with Gasteiger partial charge >= 0.3 is 5.69 Å². The number of nitro benzene ring substituents is 1. The van der Waals surface area contributed by atoms with E-state index >= 15 is 0 Å². The van der Waals surface area contributed by atoms with Crippen LogP contribution in [0, 0.1) is 16.0 Å². The number of nitro groups is 1. The molecule has 0 saturated carbocycles. The molecule has 1 amide bonds. The standard InChI is InChI=1S/C33H34N4O6/c1-21(20-43-26-8-6-25(7-9-26)36-13-15-42-16-14-36)22-4-11-28-30(17-22)35-33(38)27-10-3-23(18-29(27)34-28)24-5-12-31(37(39)40)32(19-24)41-2/h4-9,11-12,17-19,21,27H,3,10,13-16,20H2,1-2H3,(H,35,38). The number of fused-ring (bicyclic) bond motifs is 2. The van der Waals surface area contributed by atoms with E-state index < -0.39 is 4.92 Å². The minimum atomic E-state index is -0.463. The van der Waals surface area contributed by atoms with Crippen molar-refractivity contribution in [2.75, 3.05) is 50.2 Å². The third-order valence-electron chi connectivity index (χ3n) is 8.26. The number of allylic oxidation sites excluding steroid dienone is 2. The van der Waals surface area contributed by atoms with Crippen molar-refractivity contribution >= 4 is 39.9 Å². The summed E-state index contributed by atoms with van der Waals surface area (Å²) in [6.07, 6.45) is 3.16. The molecule has 2 heterocycles. The second kappa shape index (κ2) is 12.3. The molecule has 1 aliphatic carbocycles. The van der Waals surface area contributed by atoms with Crippen molar-refractivity contribution < 1.29 is 23.9 Å². The van der Waals surface area contributed by atoms with E-state index in [1.165, 1.54) is 18.9 Å². The van der Waals surface area contributed by atoms with Crippen LogP contribution in [0.1, 0.15) is 36.8 Å². The number of benzene rings is 3. The van der Waals surface area contributed by atoms with Gasteiger partial charge in [-0.2, -0.15) is 0 Å². The molecule has 0 spiro atoms. The highest BCUT2D eigenvalue weighted by Crippen LogP contribution is 2.39. The zero-order valence-electron chi connectivity index (χ0n) is 24.2. The molecular formula is C33H34N4O6. The predicted octanol–water partition coefficient (Wildman–Crippen LogP) is 6.14. The molecule has 222 valence electrons. The van der Waals surface area contributed by atoms with Crippen molar-refractivity contribution in [3.63, 3.8) is 0 Å². The van der Waals surface area contributed by atoms with Crippen LogP contribution in [0.2, 0.25) is 0 Å². The summed E-state index contributed by atoms with van der Waals surface area (Å²) in [5.74, 6) is 0.641. The predicted molar refractivity (Wildman–Crippen MR) is 166 cm³/mol. The number of methoxy groups -OCH3 is 1. The quantitative estimate of drug-likeness (QED) is 0.251. The lowest BCUT2D eigenvalue weighted by Crippen LogP contribution is -2.36. The Morgan fingerprint density at radius 1 is 1.12 bits per heavy atom. The second-order valence-corrected chi connectivity index (χ2v) is 11.0. The van der Waals surface area contributed by atoms with Crippen LogP contribution in [0.25, 0.3) is 5.57 Å². The topological polar surface area (TPSA) is 116 Å². The van der Waals surface area contributed by atoms with Gasteiger partial charge in [0.15, 0.2) is 5.75 Å². The number of carbonyl (C=O) groups is 1. The number of carbonyl (C=O) groups excluding carboxylic acids is 1. The minimum Gasteiger partial charge on any atom is -0.493 e. The van der Waals surface area contributed by atoms with Gasteiger partial charge in [-0.05, 0) is 84.1 Å². The normalized spacial score (nSPS) is 18.7. The van der Waals surface area contributed by atoms with Crippen molar-refractivity contribution in [1.29, 1.82) is 0 Å². The first-order valence-corrected chi connectivity index (χ1v) is 14.5. The number of ether oxygens (including phenoxy) is 3. The lowest BCUT2D eigenvalue weighted by molar-refractivity contribution is -0.385. The van der Waals surface area contributed by atoms with Crippen LogP contribution in [0.5, 0.6) is 11.5 Å². The van der Waals surface area contributed by atoms with E-state index in [0.29, 0.717) is 36.5 Å². The maximum absolute atomic E-state index is 13.3. The zero-order valence-corrected chi connectivity index (χ0v) is 24.2. The average molecular weight is 583 g/mol. The summed E-state index contributed by atoms with van der Waals surface area (Å²) in [5, 5.41) is 14.4. The average Bonchev–Trinajstić information content (AvgIpc) is 3.18. The van der Waals surface area contributed by atoms with Gasteiger partial charge in [-0.25, -0.2) is 0 Å². The number of aliphatic imine (C=N–C) groups is 1. The fraction of sp³-hybridized carbons (Fsp3) is 0.333. The van der Waals surface area contributed by atoms with Crippen molar-refractivity contribution in [1.82, 2.24) is 0 Å². The summed E-state index contributed by atoms with van der Waals surface area (Å²) < 4.78 is 16.8. The Hall–Kier alpha value is -4.70. The molecule has 6 rings (SSSR count). The third kappa shape index (κ3) is 6.10. The number of anilines is 2. The first kappa shape index (κ1) is 28.4. The van der Waals surface area contributed by atoms with Crippen molar-refractivity contribution in [3.8, 4) is 11.5 Å². The highest BCUT2D eigenvalue weighted by atomic mass is 16.6. The smallest absolute Gasteiger partial charge is 0.310 e. The van der Waals surface area contributed by atoms with E-state index in [0.717, 1.165) is 48.8 Å². The molecule has 2 atom stereocenters. The van der Waals surface area contributed by atoms with Gasteiger partial charge in [0.05, 0.1) is 54.9 Å². The summed E-state index contributed by atoms with van der Waals surface area (Å²) in [7, 11) is 1.42. The fourth-order valence-corrected chi connectivity index (χ4v) is 5.74. The van der Waals surface area contributed by atoms with Gasteiger partial charge in [-0.3, -0.25) is 19.9 Å². The third-order valence-corrected chi connectivity index (χ3v) is 8.26. The Balaban J connectivity index is 1.17. The van der Waals surface area contributed by atoms with Crippen molar-refractivity contribution in [3.05, 3.63) is 88.0 Å². The van der Waals surface area contributed by atoms with Gasteiger partial charge in [0.25, 0.3) is 0 Å². The first-order chi connectivity index (χ1) is 20.9. The van der Waals surface area contributed by atoms with Gasteiger partial charge < -0.3 is 24.4 Å². The van der Waals surface area contributed by atoms with E-state index in [-0.39, 0.29) is 29.2 Å². The molecule has 3 aromatic rings. The maximum Gasteiger partial charge on any atom is 0.310 e. The van der Waals surface area contributed by atoms with E-state index in [1.54, 1.807) is 12.1 Å². The van der Waals surface area contributed by atoms with E-state index in [4.69, 9.17) is 19.2 Å². The molecule has 0 aromatic heterocycles. The Bertz CT molecular complexity index is 1590. The summed E-state index contributed by atoms with van der Waals surface area (Å²) >= 11 is 0. The van der Waals surface area contributed by atoms with Crippen LogP contribution in [0.15, 0.2) is 71.7 Å². The first-order valence-electron chi connectivity index (χ1n) is 14.5. The number of rotatable bonds is 8. The molecule has 0 bridgehead atoms. The lowest BCUT2D eigenvalue weighted by atomic mass is 9.84. The molecular weight excluding hydrogens is 548 g/mol. The Labute approximate surface area is 250 Å². The Kier molecular flexibility index (Phi) is 8.11. The van der Waals surface area contributed by atoms with E-state index in [9.17, 15) is 14.9 Å². The summed E-state index contributed by atoms with van der Waals surface area (Å²) in [5.41, 5.74) is 5.95. The minimum absolute atomic E-state index is 0.0854. The van der Waals surface area contributed by atoms with Gasteiger partial charge in [-0.15, -0.1) is 0 Å². The molecule has 0 radical (unpaired) electrons. The van der Waals surface area contributed by atoms with Gasteiger partial charge in [0.1, 0.15) is 5.75 Å². The fourth-order valence-electron chi connectivity index (χ4n) is 5.74. The van der Waals surface area contributed by atoms with Crippen LogP contribution in [-0.4, -0.2) is 56.6 Å². The van der Waals surface area contributed by atoms with Gasteiger partial charge in [0, 0.05) is 30.8 Å². The van der Waals surface area contributed by atoms with Gasteiger partial charge in [0.2, 0.25) is 5.91 Å². The molecule has 1 fully saturated rings. The largest absolute Gasteiger partial charge is 0.493 e. The number of morpholine rings is 1. The Morgan fingerprint density at radius 2 is 1.91 bits per heavy atom. The molecule has 1 N–H and O–H groups in total. The molecule has 2 aliphatic heterocycles. The number of nitrogens with zero attached hydrogens (tertiary/aromatic N) is 3. The molecule has 10 nitrogen and oxygen atoms in total. The summed E-state index contributed by atoms with van der Waals surface area (Å²) in [4.78, 5) is 31.3. The summed E-state index contributed by atoms with van der Waals surface area (Å²) in [6.45, 7) is 5.88. The maximum atomic E-state index is 13.3. The highest BCUT2D eigenvalue weighted by molar-refractivity contribution is 6.19. The second-order valence-electron chi connectivity index (χ2n) is 11.0. The summed E-state index contributed by atoms with van der Waals surface area (Å²) in [6, 6.07) is 18.9. The number of hydrogen-bond acceptors (Lipinski definition) is 8. The molecule has 1 saturated heterocycles. The van der Waals surface area contributed by atoms with Crippen LogP contribution in [-0.2, 0) is 9.53 Å². The molecule has 3 aromatic carbocycles. The molecule has 2 unspecified atom stereocenters. The lowest BCUT2D eigenvalue weighted by Gasteiger charge is -2.28. The van der Waals surface area contributed by atoms with Crippen LogP contribution in [0.3, 0.4) is 0 Å². The Morgan fingerprint density at radius 3 is 2.65 bits per heavy atom. The van der Waals surface area contributed by atoms with Crippen molar-refractivity contribution in [2.24, 2.45) is 10.9 Å². The van der Waals surface area contributed by atoms with E-state index in [1.807, 2.05) is 36.4 Å². The molecule has 43 heavy (non-hydrogen) atoms. The van der Waals surface area contributed by atoms with Crippen molar-refractivity contribution in [2.45, 2.75) is 25.7 Å². The highest BCUT2D eigenvalue weighted by Gasteiger charge is 2.31. The number of amides is 1. The van der Waals surface area contributed by atoms with Crippen LogP contribution in [0.4, 0.5) is 22.7 Å². The number of hydrogen-bond donors (Lipinski definition) is 1. The van der Waals surface area contributed by atoms with Crippen LogP contribution < -0.4 is 19.7 Å².